The molecule has 1 aromatic carbocycles. The van der Waals surface area contributed by atoms with Gasteiger partial charge in [-0.05, 0) is 43.5 Å². The fourth-order valence-electron chi connectivity index (χ4n) is 3.37. The van der Waals surface area contributed by atoms with Gasteiger partial charge < -0.3 is 19.7 Å². The minimum absolute atomic E-state index is 0.0312. The van der Waals surface area contributed by atoms with Crippen LogP contribution in [0.5, 0.6) is 5.75 Å². The fourth-order valence-corrected chi connectivity index (χ4v) is 3.37. The van der Waals surface area contributed by atoms with Crippen LogP contribution in [0.15, 0.2) is 18.2 Å². The quantitative estimate of drug-likeness (QED) is 0.919. The maximum Gasteiger partial charge on any atom is 0.321 e. The Balaban J connectivity index is 1.47. The first kappa shape index (κ1) is 17.0. The van der Waals surface area contributed by atoms with E-state index in [2.05, 4.69) is 10.2 Å². The molecule has 1 N–H and O–H groups in total. The van der Waals surface area contributed by atoms with E-state index < -0.39 is 0 Å². The molecule has 2 amide bonds. The zero-order valence-electron chi connectivity index (χ0n) is 14.6. The van der Waals surface area contributed by atoms with Crippen molar-refractivity contribution in [2.45, 2.75) is 25.9 Å². The zero-order chi connectivity index (χ0) is 16.9. The smallest absolute Gasteiger partial charge is 0.321 e. The third-order valence-corrected chi connectivity index (χ3v) is 4.79. The number of nitrogens with one attached hydrogen (secondary N) is 1. The minimum Gasteiger partial charge on any atom is -0.496 e. The number of carbonyl (C=O) groups excluding carboxylic acids is 1. The number of aryl methyl sites for hydroxylation is 1. The van der Waals surface area contributed by atoms with Crippen molar-refractivity contribution in [1.29, 1.82) is 0 Å². The molecule has 24 heavy (non-hydrogen) atoms. The van der Waals surface area contributed by atoms with Gasteiger partial charge in [0.05, 0.1) is 13.2 Å². The maximum atomic E-state index is 12.4. The van der Waals surface area contributed by atoms with Gasteiger partial charge in [-0.25, -0.2) is 4.79 Å². The molecule has 2 heterocycles. The lowest BCUT2D eigenvalue weighted by Gasteiger charge is -2.35. The monoisotopic (exact) mass is 333 g/mol. The highest BCUT2D eigenvalue weighted by molar-refractivity contribution is 5.89. The molecule has 0 saturated carbocycles. The number of carbonyl (C=O) groups is 1. The number of amides is 2. The maximum absolute atomic E-state index is 12.4. The average Bonchev–Trinajstić information content (AvgIpc) is 3.08. The van der Waals surface area contributed by atoms with Gasteiger partial charge in [-0.3, -0.25) is 4.90 Å². The molecule has 0 aliphatic carbocycles. The molecule has 0 bridgehead atoms. The summed E-state index contributed by atoms with van der Waals surface area (Å²) in [5, 5.41) is 2.98. The van der Waals surface area contributed by atoms with Gasteiger partial charge >= 0.3 is 6.03 Å². The van der Waals surface area contributed by atoms with Crippen molar-refractivity contribution < 1.29 is 14.3 Å². The molecule has 2 saturated heterocycles. The molecule has 132 valence electrons. The SMILES string of the molecule is COc1ccc(NC(=O)N2CCN(C[C@H]3CCCO3)CC2)cc1C. The Hall–Kier alpha value is -1.79. The van der Waals surface area contributed by atoms with Crippen LogP contribution in [0.25, 0.3) is 0 Å². The van der Waals surface area contributed by atoms with Crippen molar-refractivity contribution in [3.63, 3.8) is 0 Å². The second kappa shape index (κ2) is 7.85. The van der Waals surface area contributed by atoms with Crippen LogP contribution in [-0.2, 0) is 4.74 Å². The van der Waals surface area contributed by atoms with E-state index >= 15 is 0 Å². The first-order valence-corrected chi connectivity index (χ1v) is 8.70. The Morgan fingerprint density at radius 3 is 2.75 bits per heavy atom. The molecule has 0 unspecified atom stereocenters. The number of hydrogen-bond acceptors (Lipinski definition) is 4. The Morgan fingerprint density at radius 1 is 1.33 bits per heavy atom. The number of methoxy groups -OCH3 is 1. The van der Waals surface area contributed by atoms with Crippen LogP contribution in [0.3, 0.4) is 0 Å². The topological polar surface area (TPSA) is 54.0 Å². The normalized spacial score (nSPS) is 21.8. The van der Waals surface area contributed by atoms with Gasteiger partial charge in [0.25, 0.3) is 0 Å². The number of hydrogen-bond donors (Lipinski definition) is 1. The van der Waals surface area contributed by atoms with Crippen molar-refractivity contribution in [1.82, 2.24) is 9.80 Å². The standard InChI is InChI=1S/C18H27N3O3/c1-14-12-15(5-6-17(14)23-2)19-18(22)21-9-7-20(8-10-21)13-16-4-3-11-24-16/h5-6,12,16H,3-4,7-11,13H2,1-2H3,(H,19,22)/t16-/m1/s1. The lowest BCUT2D eigenvalue weighted by atomic mass is 10.2. The minimum atomic E-state index is -0.0312. The molecule has 6 nitrogen and oxygen atoms in total. The molecule has 6 heteroatoms. The molecular formula is C18H27N3O3. The highest BCUT2D eigenvalue weighted by Crippen LogP contribution is 2.22. The lowest BCUT2D eigenvalue weighted by Crippen LogP contribution is -2.51. The lowest BCUT2D eigenvalue weighted by molar-refractivity contribution is 0.0572. The second-order valence-electron chi connectivity index (χ2n) is 6.54. The summed E-state index contributed by atoms with van der Waals surface area (Å²) >= 11 is 0. The van der Waals surface area contributed by atoms with Gasteiger partial charge in [0.1, 0.15) is 5.75 Å². The third kappa shape index (κ3) is 4.19. The van der Waals surface area contributed by atoms with Crippen molar-refractivity contribution in [2.24, 2.45) is 0 Å². The third-order valence-electron chi connectivity index (χ3n) is 4.79. The number of urea groups is 1. The Bertz CT molecular complexity index is 565. The summed E-state index contributed by atoms with van der Waals surface area (Å²) in [6, 6.07) is 5.66. The first-order valence-electron chi connectivity index (χ1n) is 8.70. The van der Waals surface area contributed by atoms with Crippen LogP contribution < -0.4 is 10.1 Å². The van der Waals surface area contributed by atoms with E-state index in [4.69, 9.17) is 9.47 Å². The molecule has 1 atom stereocenters. The molecule has 0 aromatic heterocycles. The summed E-state index contributed by atoms with van der Waals surface area (Å²) in [5.74, 6) is 0.829. The van der Waals surface area contributed by atoms with Crippen molar-refractivity contribution in [2.75, 3.05) is 51.8 Å². The summed E-state index contributed by atoms with van der Waals surface area (Å²) < 4.78 is 10.9. The van der Waals surface area contributed by atoms with Gasteiger partial charge in [0.15, 0.2) is 0 Å². The number of anilines is 1. The van der Waals surface area contributed by atoms with E-state index in [0.29, 0.717) is 6.10 Å². The number of benzene rings is 1. The molecule has 2 aliphatic heterocycles. The second-order valence-corrected chi connectivity index (χ2v) is 6.54. The van der Waals surface area contributed by atoms with E-state index in [1.165, 1.54) is 6.42 Å². The van der Waals surface area contributed by atoms with Crippen LogP contribution in [-0.4, -0.2) is 68.4 Å². The Morgan fingerprint density at radius 2 is 2.12 bits per heavy atom. The molecular weight excluding hydrogens is 306 g/mol. The summed E-state index contributed by atoms with van der Waals surface area (Å²) in [7, 11) is 1.65. The highest BCUT2D eigenvalue weighted by atomic mass is 16.5. The summed E-state index contributed by atoms with van der Waals surface area (Å²) in [6.45, 7) is 7.20. The number of ether oxygens (including phenoxy) is 2. The molecule has 2 aliphatic rings. The van der Waals surface area contributed by atoms with E-state index in [9.17, 15) is 4.79 Å². The summed E-state index contributed by atoms with van der Waals surface area (Å²) in [6.07, 6.45) is 2.72. The molecule has 0 radical (unpaired) electrons. The van der Waals surface area contributed by atoms with E-state index in [-0.39, 0.29) is 6.03 Å². The first-order chi connectivity index (χ1) is 11.7. The van der Waals surface area contributed by atoms with Crippen molar-refractivity contribution >= 4 is 11.7 Å². The fraction of sp³-hybridized carbons (Fsp3) is 0.611. The summed E-state index contributed by atoms with van der Waals surface area (Å²) in [4.78, 5) is 16.7. The van der Waals surface area contributed by atoms with Gasteiger partial charge in [-0.2, -0.15) is 0 Å². The van der Waals surface area contributed by atoms with Crippen LogP contribution in [0.4, 0.5) is 10.5 Å². The van der Waals surface area contributed by atoms with Crippen LogP contribution in [0.2, 0.25) is 0 Å². The Labute approximate surface area is 143 Å². The highest BCUT2D eigenvalue weighted by Gasteiger charge is 2.24. The van der Waals surface area contributed by atoms with Gasteiger partial charge in [0, 0.05) is 45.0 Å². The predicted molar refractivity (Wildman–Crippen MR) is 93.7 cm³/mol. The Kier molecular flexibility index (Phi) is 5.58. The van der Waals surface area contributed by atoms with E-state index in [1.807, 2.05) is 30.0 Å². The average molecular weight is 333 g/mol. The predicted octanol–water partition coefficient (Wildman–Crippen LogP) is 2.33. The zero-order valence-corrected chi connectivity index (χ0v) is 14.6. The van der Waals surface area contributed by atoms with Crippen molar-refractivity contribution in [3.05, 3.63) is 23.8 Å². The van der Waals surface area contributed by atoms with Crippen molar-refractivity contribution in [3.8, 4) is 5.75 Å². The molecule has 3 rings (SSSR count). The van der Waals surface area contributed by atoms with Gasteiger partial charge in [-0.1, -0.05) is 0 Å². The number of nitrogens with zero attached hydrogens (tertiary/aromatic N) is 2. The van der Waals surface area contributed by atoms with Crippen LogP contribution in [0, 0.1) is 6.92 Å². The van der Waals surface area contributed by atoms with E-state index in [1.54, 1.807) is 7.11 Å². The molecule has 2 fully saturated rings. The van der Waals surface area contributed by atoms with Gasteiger partial charge in [0.2, 0.25) is 0 Å². The van der Waals surface area contributed by atoms with E-state index in [0.717, 1.165) is 62.8 Å². The number of rotatable bonds is 4. The largest absolute Gasteiger partial charge is 0.496 e. The van der Waals surface area contributed by atoms with Gasteiger partial charge in [-0.15, -0.1) is 0 Å². The molecule has 0 spiro atoms. The van der Waals surface area contributed by atoms with Crippen LogP contribution >= 0.6 is 0 Å². The molecule has 1 aromatic rings. The number of piperazine rings is 1. The van der Waals surface area contributed by atoms with Crippen LogP contribution in [0.1, 0.15) is 18.4 Å². The summed E-state index contributed by atoms with van der Waals surface area (Å²) in [5.41, 5.74) is 1.82.